The molecule has 1 N–H and O–H groups in total. The summed E-state index contributed by atoms with van der Waals surface area (Å²) < 4.78 is 49.7. The molecule has 7 atom stereocenters. The van der Waals surface area contributed by atoms with Gasteiger partial charge in [-0.25, -0.2) is 0 Å². The molecule has 0 bridgehead atoms. The van der Waals surface area contributed by atoms with Crippen LogP contribution in [0.1, 0.15) is 22.5 Å². The van der Waals surface area contributed by atoms with E-state index in [0.717, 1.165) is 11.1 Å². The smallest absolute Gasteiger partial charge is 0.361 e. The maximum atomic E-state index is 13.2. The first-order valence-corrected chi connectivity index (χ1v) is 13.9. The van der Waals surface area contributed by atoms with E-state index in [0.29, 0.717) is 12.2 Å². The van der Waals surface area contributed by atoms with Crippen LogP contribution in [0, 0.1) is 0 Å². The molecule has 8 nitrogen and oxygen atoms in total. The van der Waals surface area contributed by atoms with Gasteiger partial charge < -0.3 is 33.1 Å². The Morgan fingerprint density at radius 1 is 0.811 bits per heavy atom. The second-order valence-electron chi connectivity index (χ2n) is 9.02. The topological polar surface area (TPSA) is 92.7 Å². The van der Waals surface area contributed by atoms with Crippen LogP contribution in [0.2, 0.25) is 0 Å². The molecule has 5 rings (SSSR count). The van der Waals surface area contributed by atoms with Crippen molar-refractivity contribution in [3.8, 4) is 0 Å². The fourth-order valence-electron chi connectivity index (χ4n) is 4.62. The second-order valence-corrected chi connectivity index (χ2v) is 10.9. The third-order valence-corrected chi connectivity index (χ3v) is 8.02. The number of hydrogen-bond acceptors (Lipinski definition) is 7. The number of hydrogen-bond donors (Lipinski definition) is 1. The molecule has 2 fully saturated rings. The highest BCUT2D eigenvalue weighted by Crippen LogP contribution is 2.60. The summed E-state index contributed by atoms with van der Waals surface area (Å²) in [7, 11) is -2.66. The number of fused-ring (bicyclic) bond motifs is 1. The van der Waals surface area contributed by atoms with Gasteiger partial charge in [-0.05, 0) is 16.7 Å². The maximum absolute atomic E-state index is 13.2. The molecule has 196 valence electrons. The van der Waals surface area contributed by atoms with Crippen molar-refractivity contribution in [2.45, 2.75) is 49.8 Å². The van der Waals surface area contributed by atoms with E-state index in [2.05, 4.69) is 0 Å². The summed E-state index contributed by atoms with van der Waals surface area (Å²) in [5, 5.41) is 0. The Morgan fingerprint density at radius 3 is 1.92 bits per heavy atom. The SMILES string of the molecule is CO[C@H]1O[C@@H]2COP(=O)(O)C(c3ccccc3)O[C@H]2[C@H](OCc2ccccc2)[C@H]1OCc1ccccc1. The fourth-order valence-corrected chi connectivity index (χ4v) is 5.96. The molecule has 0 aliphatic carbocycles. The zero-order valence-electron chi connectivity index (χ0n) is 20.5. The zero-order chi connectivity index (χ0) is 25.7. The first-order valence-electron chi connectivity index (χ1n) is 12.2. The van der Waals surface area contributed by atoms with E-state index < -0.39 is 44.1 Å². The van der Waals surface area contributed by atoms with Crippen LogP contribution in [0.4, 0.5) is 0 Å². The van der Waals surface area contributed by atoms with Crippen molar-refractivity contribution in [2.75, 3.05) is 13.7 Å². The number of benzene rings is 3. The van der Waals surface area contributed by atoms with Gasteiger partial charge in [0.25, 0.3) is 0 Å². The first-order chi connectivity index (χ1) is 18.0. The van der Waals surface area contributed by atoms with Crippen LogP contribution in [0.5, 0.6) is 0 Å². The van der Waals surface area contributed by atoms with Gasteiger partial charge in [-0.1, -0.05) is 91.0 Å². The minimum atomic E-state index is -4.19. The second kappa shape index (κ2) is 12.0. The van der Waals surface area contributed by atoms with Gasteiger partial charge in [0.2, 0.25) is 0 Å². The van der Waals surface area contributed by atoms with E-state index in [4.69, 9.17) is 28.2 Å². The van der Waals surface area contributed by atoms with Crippen LogP contribution < -0.4 is 0 Å². The minimum absolute atomic E-state index is 0.155. The van der Waals surface area contributed by atoms with Crippen molar-refractivity contribution in [1.29, 1.82) is 0 Å². The average Bonchev–Trinajstić information content (AvgIpc) is 3.07. The summed E-state index contributed by atoms with van der Waals surface area (Å²) in [6.45, 7) is 0.431. The van der Waals surface area contributed by atoms with E-state index in [1.165, 1.54) is 7.11 Å². The van der Waals surface area contributed by atoms with Gasteiger partial charge in [0.1, 0.15) is 24.4 Å². The first kappa shape index (κ1) is 26.2. The molecule has 9 heteroatoms. The largest absolute Gasteiger partial charge is 0.368 e. The number of methoxy groups -OCH3 is 1. The average molecular weight is 527 g/mol. The predicted octanol–water partition coefficient (Wildman–Crippen LogP) is 4.83. The standard InChI is InChI=1S/C28H31O8P/c1-31-27-26(33-18-21-13-7-3-8-14-21)25(32-17-20-11-5-2-6-12-20)24-23(35-27)19-34-37(29,30)28(36-24)22-15-9-4-10-16-22/h2-16,23-28H,17-19H2,1H3,(H,29,30)/t23-,24-,25+,26-,27+,28?/m1/s1. The molecule has 2 heterocycles. The third kappa shape index (κ3) is 6.20. The maximum Gasteiger partial charge on any atom is 0.361 e. The summed E-state index contributed by atoms with van der Waals surface area (Å²) >= 11 is 0. The Labute approximate surface area is 216 Å². The molecule has 0 spiro atoms. The predicted molar refractivity (Wildman–Crippen MR) is 136 cm³/mol. The van der Waals surface area contributed by atoms with Crippen LogP contribution in [0.15, 0.2) is 91.0 Å². The van der Waals surface area contributed by atoms with Gasteiger partial charge in [0, 0.05) is 7.11 Å². The molecular formula is C28H31O8P. The van der Waals surface area contributed by atoms with Gasteiger partial charge in [0.05, 0.1) is 19.8 Å². The monoisotopic (exact) mass is 526 g/mol. The highest BCUT2D eigenvalue weighted by Gasteiger charge is 2.54. The van der Waals surface area contributed by atoms with Crippen molar-refractivity contribution in [3.05, 3.63) is 108 Å². The van der Waals surface area contributed by atoms with E-state index in [1.807, 2.05) is 66.7 Å². The number of rotatable bonds is 8. The van der Waals surface area contributed by atoms with Gasteiger partial charge in [-0.2, -0.15) is 0 Å². The van der Waals surface area contributed by atoms with Gasteiger partial charge in [0.15, 0.2) is 12.1 Å². The summed E-state index contributed by atoms with van der Waals surface area (Å²) in [6.07, 6.45) is -3.63. The van der Waals surface area contributed by atoms with Crippen LogP contribution in [0.25, 0.3) is 0 Å². The van der Waals surface area contributed by atoms with E-state index in [1.54, 1.807) is 24.3 Å². The number of ether oxygens (including phenoxy) is 5. The molecular weight excluding hydrogens is 495 g/mol. The van der Waals surface area contributed by atoms with Crippen molar-refractivity contribution in [1.82, 2.24) is 0 Å². The van der Waals surface area contributed by atoms with Crippen molar-refractivity contribution in [3.63, 3.8) is 0 Å². The molecule has 2 saturated heterocycles. The Bertz CT molecular complexity index is 1160. The van der Waals surface area contributed by atoms with E-state index in [9.17, 15) is 9.46 Å². The molecule has 3 aromatic rings. The normalized spacial score (nSPS) is 31.8. The summed E-state index contributed by atoms with van der Waals surface area (Å²) in [6, 6.07) is 28.4. The summed E-state index contributed by atoms with van der Waals surface area (Å²) in [5.41, 5.74) is 2.48. The molecule has 2 aliphatic heterocycles. The van der Waals surface area contributed by atoms with Gasteiger partial charge in [-0.3, -0.25) is 4.57 Å². The van der Waals surface area contributed by atoms with Crippen LogP contribution >= 0.6 is 7.60 Å². The molecule has 0 saturated carbocycles. The lowest BCUT2D eigenvalue weighted by atomic mass is 9.98. The van der Waals surface area contributed by atoms with Crippen LogP contribution in [0.3, 0.4) is 0 Å². The quantitative estimate of drug-likeness (QED) is 0.418. The lowest BCUT2D eigenvalue weighted by Crippen LogP contribution is -2.61. The van der Waals surface area contributed by atoms with E-state index in [-0.39, 0.29) is 13.2 Å². The molecule has 3 aromatic carbocycles. The molecule has 0 aromatic heterocycles. The third-order valence-electron chi connectivity index (χ3n) is 6.48. The minimum Gasteiger partial charge on any atom is -0.368 e. The highest BCUT2D eigenvalue weighted by atomic mass is 31.2. The molecule has 0 radical (unpaired) electrons. The summed E-state index contributed by atoms with van der Waals surface area (Å²) in [5.74, 6) is -1.20. The Hall–Kier alpha value is -2.39. The molecule has 37 heavy (non-hydrogen) atoms. The molecule has 2 unspecified atom stereocenters. The van der Waals surface area contributed by atoms with Crippen LogP contribution in [-0.4, -0.2) is 49.3 Å². The van der Waals surface area contributed by atoms with Crippen LogP contribution in [-0.2, 0) is 46.0 Å². The fraction of sp³-hybridized carbons (Fsp3) is 0.357. The van der Waals surface area contributed by atoms with Crippen molar-refractivity contribution < 1.29 is 37.7 Å². The molecule has 0 amide bonds. The summed E-state index contributed by atoms with van der Waals surface area (Å²) in [4.78, 5) is 10.8. The van der Waals surface area contributed by atoms with Crippen molar-refractivity contribution in [2.24, 2.45) is 0 Å². The molecule has 2 aliphatic rings. The zero-order valence-corrected chi connectivity index (χ0v) is 21.4. The Morgan fingerprint density at radius 2 is 1.35 bits per heavy atom. The van der Waals surface area contributed by atoms with Gasteiger partial charge >= 0.3 is 7.60 Å². The Kier molecular flexibility index (Phi) is 8.49. The van der Waals surface area contributed by atoms with Gasteiger partial charge in [-0.15, -0.1) is 0 Å². The highest BCUT2D eigenvalue weighted by molar-refractivity contribution is 7.53. The van der Waals surface area contributed by atoms with E-state index >= 15 is 0 Å². The lowest BCUT2D eigenvalue weighted by Gasteiger charge is -2.45. The lowest BCUT2D eigenvalue weighted by molar-refractivity contribution is -0.318. The Balaban J connectivity index is 1.46. The van der Waals surface area contributed by atoms with Crippen molar-refractivity contribution >= 4 is 7.60 Å².